The first-order valence-electron chi connectivity index (χ1n) is 1.73. The fourth-order valence-electron chi connectivity index (χ4n) is 0.260. The molecule has 0 bridgehead atoms. The van der Waals surface area contributed by atoms with Crippen molar-refractivity contribution in [3.63, 3.8) is 0 Å². The van der Waals surface area contributed by atoms with E-state index in [9.17, 15) is 0 Å². The largest absolute Gasteiger partial charge is 0.309 e. The van der Waals surface area contributed by atoms with Crippen molar-refractivity contribution >= 4 is 6.34 Å². The van der Waals surface area contributed by atoms with E-state index in [1.165, 1.54) is 0 Å². The Labute approximate surface area is 35.6 Å². The average Bonchev–Trinajstić information content (AvgIpc) is 1.72. The average molecular weight is 86.1 g/mol. The van der Waals surface area contributed by atoms with Gasteiger partial charge in [-0.1, -0.05) is 0 Å². The Bertz CT molecular complexity index is 50.6. The van der Waals surface area contributed by atoms with Crippen LogP contribution in [0.5, 0.6) is 0 Å². The van der Waals surface area contributed by atoms with E-state index >= 15 is 0 Å². The molecular formula is C2H6N4. The number of rotatable bonds is 0. The Kier molecular flexibility index (Phi) is 0.920. The number of hydrogen-bond donors (Lipinski definition) is 3. The second-order valence-corrected chi connectivity index (χ2v) is 0.914. The predicted molar refractivity (Wildman–Crippen MR) is 22.8 cm³/mol. The molecule has 4 heteroatoms. The van der Waals surface area contributed by atoms with Crippen LogP contribution in [-0.4, -0.2) is 13.0 Å². The van der Waals surface area contributed by atoms with Gasteiger partial charge >= 0.3 is 0 Å². The normalized spacial score (nSPS) is 18.7. The molecule has 3 N–H and O–H groups in total. The summed E-state index contributed by atoms with van der Waals surface area (Å²) in [7, 11) is 0. The van der Waals surface area contributed by atoms with Crippen LogP contribution in [0.3, 0.4) is 0 Å². The standard InChI is InChI=1S/C2H6N4/c1-3-5-2-6-4-1/h1,5-6H,2H2,(H,3,4). The number of hydrazine groups is 1. The summed E-state index contributed by atoms with van der Waals surface area (Å²) in [6, 6.07) is 0. The molecule has 0 aromatic rings. The SMILES string of the molecule is C1=NNCNN1. The Morgan fingerprint density at radius 3 is 2.83 bits per heavy atom. The van der Waals surface area contributed by atoms with Gasteiger partial charge in [-0.2, -0.15) is 5.10 Å². The lowest BCUT2D eigenvalue weighted by molar-refractivity contribution is 0.550. The van der Waals surface area contributed by atoms with Crippen molar-refractivity contribution in [2.75, 3.05) is 6.67 Å². The lowest BCUT2D eigenvalue weighted by atomic mass is 11.1. The van der Waals surface area contributed by atoms with Crippen LogP contribution >= 0.6 is 0 Å². The molecule has 0 fully saturated rings. The second-order valence-electron chi connectivity index (χ2n) is 0.914. The second kappa shape index (κ2) is 1.61. The first-order chi connectivity index (χ1) is 3.00. The van der Waals surface area contributed by atoms with Crippen molar-refractivity contribution in [1.82, 2.24) is 16.3 Å². The van der Waals surface area contributed by atoms with Crippen molar-refractivity contribution in [3.8, 4) is 0 Å². The summed E-state index contributed by atoms with van der Waals surface area (Å²) in [4.78, 5) is 0. The molecule has 0 aromatic carbocycles. The van der Waals surface area contributed by atoms with E-state index in [0.717, 1.165) is 0 Å². The van der Waals surface area contributed by atoms with Gasteiger partial charge in [-0.25, -0.2) is 5.43 Å². The minimum Gasteiger partial charge on any atom is -0.309 e. The van der Waals surface area contributed by atoms with Gasteiger partial charge in [0.1, 0.15) is 6.34 Å². The van der Waals surface area contributed by atoms with Crippen LogP contribution in [0.2, 0.25) is 0 Å². The summed E-state index contributed by atoms with van der Waals surface area (Å²) in [6.45, 7) is 0.691. The zero-order valence-electron chi connectivity index (χ0n) is 3.23. The van der Waals surface area contributed by atoms with Gasteiger partial charge in [-0.05, 0) is 0 Å². The van der Waals surface area contributed by atoms with Crippen LogP contribution < -0.4 is 16.3 Å². The van der Waals surface area contributed by atoms with E-state index in [4.69, 9.17) is 0 Å². The van der Waals surface area contributed by atoms with Crippen LogP contribution in [0.4, 0.5) is 0 Å². The first kappa shape index (κ1) is 3.42. The summed E-state index contributed by atoms with van der Waals surface area (Å²) >= 11 is 0. The molecule has 6 heavy (non-hydrogen) atoms. The molecule has 0 atom stereocenters. The Balaban J connectivity index is 2.26. The topological polar surface area (TPSA) is 48.5 Å². The van der Waals surface area contributed by atoms with E-state index in [1.54, 1.807) is 6.34 Å². The van der Waals surface area contributed by atoms with E-state index in [1.807, 2.05) is 0 Å². The van der Waals surface area contributed by atoms with E-state index in [2.05, 4.69) is 21.4 Å². The van der Waals surface area contributed by atoms with Crippen molar-refractivity contribution in [1.29, 1.82) is 0 Å². The fraction of sp³-hybridized carbons (Fsp3) is 0.500. The van der Waals surface area contributed by atoms with Gasteiger partial charge < -0.3 is 5.43 Å². The van der Waals surface area contributed by atoms with Gasteiger partial charge in [0.05, 0.1) is 6.67 Å². The zero-order chi connectivity index (χ0) is 4.24. The van der Waals surface area contributed by atoms with Crippen LogP contribution in [0, 0.1) is 0 Å². The van der Waals surface area contributed by atoms with Crippen molar-refractivity contribution in [2.45, 2.75) is 0 Å². The fourth-order valence-corrected chi connectivity index (χ4v) is 0.260. The summed E-state index contributed by atoms with van der Waals surface area (Å²) in [5.74, 6) is 0. The predicted octanol–water partition coefficient (Wildman–Crippen LogP) is -1.42. The van der Waals surface area contributed by atoms with E-state index in [0.29, 0.717) is 6.67 Å². The summed E-state index contributed by atoms with van der Waals surface area (Å²) < 4.78 is 0. The van der Waals surface area contributed by atoms with E-state index in [-0.39, 0.29) is 0 Å². The molecule has 0 saturated carbocycles. The molecule has 0 amide bonds. The highest BCUT2D eigenvalue weighted by Crippen LogP contribution is 1.53. The zero-order valence-corrected chi connectivity index (χ0v) is 3.23. The van der Waals surface area contributed by atoms with Gasteiger partial charge in [-0.3, -0.25) is 5.43 Å². The third kappa shape index (κ3) is 0.587. The van der Waals surface area contributed by atoms with Crippen molar-refractivity contribution in [3.05, 3.63) is 0 Å². The summed E-state index contributed by atoms with van der Waals surface area (Å²) in [6.07, 6.45) is 1.55. The first-order valence-corrected chi connectivity index (χ1v) is 1.73. The van der Waals surface area contributed by atoms with Gasteiger partial charge in [-0.15, -0.1) is 0 Å². The maximum absolute atomic E-state index is 3.63. The lowest BCUT2D eigenvalue weighted by Gasteiger charge is -2.06. The number of nitrogens with zero attached hydrogens (tertiary/aromatic N) is 1. The minimum absolute atomic E-state index is 0.691. The monoisotopic (exact) mass is 86.1 g/mol. The molecule has 0 saturated heterocycles. The molecule has 1 aliphatic rings. The van der Waals surface area contributed by atoms with Gasteiger partial charge in [0.15, 0.2) is 0 Å². The number of hydrazone groups is 1. The molecule has 1 rings (SSSR count). The number of nitrogens with one attached hydrogen (secondary N) is 3. The van der Waals surface area contributed by atoms with Crippen molar-refractivity contribution < 1.29 is 0 Å². The molecule has 1 aliphatic heterocycles. The third-order valence-corrected chi connectivity index (χ3v) is 0.490. The number of hydrogen-bond acceptors (Lipinski definition) is 4. The van der Waals surface area contributed by atoms with E-state index < -0.39 is 0 Å². The third-order valence-electron chi connectivity index (χ3n) is 0.490. The van der Waals surface area contributed by atoms with Crippen molar-refractivity contribution in [2.24, 2.45) is 5.10 Å². The maximum Gasteiger partial charge on any atom is 0.122 e. The molecule has 4 nitrogen and oxygen atoms in total. The molecule has 0 aromatic heterocycles. The molecule has 0 aliphatic carbocycles. The highest BCUT2D eigenvalue weighted by molar-refractivity contribution is 5.53. The molecular weight excluding hydrogens is 80.1 g/mol. The molecule has 0 spiro atoms. The Morgan fingerprint density at radius 1 is 1.67 bits per heavy atom. The quantitative estimate of drug-likeness (QED) is 0.339. The Hall–Kier alpha value is -0.770. The van der Waals surface area contributed by atoms with Crippen LogP contribution in [0.15, 0.2) is 5.10 Å². The molecule has 0 radical (unpaired) electrons. The molecule has 1 heterocycles. The van der Waals surface area contributed by atoms with Crippen LogP contribution in [0.1, 0.15) is 0 Å². The van der Waals surface area contributed by atoms with Crippen LogP contribution in [-0.2, 0) is 0 Å². The minimum atomic E-state index is 0.691. The maximum atomic E-state index is 3.63. The highest BCUT2D eigenvalue weighted by Gasteiger charge is 1.80. The lowest BCUT2D eigenvalue weighted by Crippen LogP contribution is -2.41. The van der Waals surface area contributed by atoms with Gasteiger partial charge in [0, 0.05) is 0 Å². The van der Waals surface area contributed by atoms with Gasteiger partial charge in [0.2, 0.25) is 0 Å². The smallest absolute Gasteiger partial charge is 0.122 e. The highest BCUT2D eigenvalue weighted by atomic mass is 15.5. The summed E-state index contributed by atoms with van der Waals surface area (Å²) in [5.41, 5.74) is 8.14. The summed E-state index contributed by atoms with van der Waals surface area (Å²) in [5, 5.41) is 3.63. The molecule has 34 valence electrons. The van der Waals surface area contributed by atoms with Crippen LogP contribution in [0.25, 0.3) is 0 Å². The molecule has 0 unspecified atom stereocenters. The Morgan fingerprint density at radius 2 is 2.67 bits per heavy atom. The van der Waals surface area contributed by atoms with Gasteiger partial charge in [0.25, 0.3) is 0 Å².